The van der Waals surface area contributed by atoms with E-state index in [2.05, 4.69) is 46.5 Å². The fraction of sp³-hybridized carbons (Fsp3) is 0.500. The molecule has 198 valence electrons. The van der Waals surface area contributed by atoms with Crippen LogP contribution in [0, 0.1) is 5.92 Å². The van der Waals surface area contributed by atoms with Crippen molar-refractivity contribution in [3.05, 3.63) is 56.5 Å². The van der Waals surface area contributed by atoms with Crippen molar-refractivity contribution in [3.8, 4) is 5.00 Å². The van der Waals surface area contributed by atoms with E-state index in [-0.39, 0.29) is 12.0 Å². The van der Waals surface area contributed by atoms with E-state index in [1.807, 2.05) is 32.9 Å². The first-order valence-electron chi connectivity index (χ1n) is 13.0. The molecule has 9 heteroatoms. The summed E-state index contributed by atoms with van der Waals surface area (Å²) in [6, 6.07) is 3.74. The number of hydrogen-bond acceptors (Lipinski definition) is 6. The minimum absolute atomic E-state index is 0.303. The van der Waals surface area contributed by atoms with E-state index in [0.29, 0.717) is 23.0 Å². The topological polar surface area (TPSA) is 75.6 Å². The molecule has 0 saturated heterocycles. The fourth-order valence-electron chi connectivity index (χ4n) is 5.14. The van der Waals surface area contributed by atoms with Crippen LogP contribution >= 0.6 is 22.7 Å². The number of nitrogens with one attached hydrogen (secondary N) is 2. The summed E-state index contributed by atoms with van der Waals surface area (Å²) >= 11 is 3.32. The monoisotopic (exact) mass is 540 g/mol. The highest BCUT2D eigenvalue weighted by Crippen LogP contribution is 2.41. The number of urea groups is 1. The van der Waals surface area contributed by atoms with Gasteiger partial charge in [0.25, 0.3) is 0 Å². The largest absolute Gasteiger partial charge is 0.456 e. The lowest BCUT2D eigenvalue weighted by molar-refractivity contribution is 0.00697. The zero-order valence-electron chi connectivity index (χ0n) is 22.3. The summed E-state index contributed by atoms with van der Waals surface area (Å²) in [6.07, 6.45) is 7.87. The van der Waals surface area contributed by atoms with Gasteiger partial charge in [0, 0.05) is 47.3 Å². The van der Waals surface area contributed by atoms with E-state index in [4.69, 9.17) is 4.74 Å². The number of anilines is 1. The number of carbonyl (C=O) groups is 2. The first-order chi connectivity index (χ1) is 17.6. The van der Waals surface area contributed by atoms with E-state index in [1.54, 1.807) is 11.3 Å². The van der Waals surface area contributed by atoms with Crippen LogP contribution in [0.25, 0.3) is 5.00 Å². The molecule has 37 heavy (non-hydrogen) atoms. The Bertz CT molecular complexity index is 1300. The van der Waals surface area contributed by atoms with Gasteiger partial charge in [-0.25, -0.2) is 9.59 Å². The van der Waals surface area contributed by atoms with Gasteiger partial charge in [-0.1, -0.05) is 6.92 Å². The van der Waals surface area contributed by atoms with E-state index in [0.717, 1.165) is 49.3 Å². The van der Waals surface area contributed by atoms with Gasteiger partial charge in [0.1, 0.15) is 15.6 Å². The highest BCUT2D eigenvalue weighted by Gasteiger charge is 2.31. The average molecular weight is 541 g/mol. The second-order valence-corrected chi connectivity index (χ2v) is 13.4. The number of aromatic nitrogens is 1. The third kappa shape index (κ3) is 5.63. The molecular formula is C28H36N4O3S2. The zero-order valence-corrected chi connectivity index (χ0v) is 23.9. The van der Waals surface area contributed by atoms with Crippen LogP contribution in [0.1, 0.15) is 70.9 Å². The maximum absolute atomic E-state index is 13.2. The van der Waals surface area contributed by atoms with Crippen molar-refractivity contribution < 1.29 is 14.3 Å². The Labute approximate surface area is 226 Å². The molecule has 0 aromatic carbocycles. The number of carbonyl (C=O) groups excluding carboxylic acids is 2. The van der Waals surface area contributed by atoms with Gasteiger partial charge in [0.05, 0.1) is 5.56 Å². The van der Waals surface area contributed by atoms with E-state index >= 15 is 0 Å². The Hall–Kier alpha value is -2.62. The lowest BCUT2D eigenvalue weighted by atomic mass is 9.88. The molecule has 5 rings (SSSR count). The number of rotatable bonds is 5. The van der Waals surface area contributed by atoms with Gasteiger partial charge >= 0.3 is 12.0 Å². The Balaban J connectivity index is 1.37. The minimum atomic E-state index is -0.603. The summed E-state index contributed by atoms with van der Waals surface area (Å²) in [6.45, 7) is 10.2. The van der Waals surface area contributed by atoms with E-state index in [9.17, 15) is 9.59 Å². The Morgan fingerprint density at radius 1 is 1.11 bits per heavy atom. The molecule has 2 N–H and O–H groups in total. The third-order valence-corrected chi connectivity index (χ3v) is 9.38. The van der Waals surface area contributed by atoms with Gasteiger partial charge in [0.15, 0.2) is 0 Å². The molecule has 1 aliphatic heterocycles. The molecule has 0 bridgehead atoms. The molecule has 1 unspecified atom stereocenters. The van der Waals surface area contributed by atoms with Crippen molar-refractivity contribution in [2.75, 3.05) is 18.9 Å². The second-order valence-electron chi connectivity index (χ2n) is 11.2. The number of fused-ring (bicyclic) bond motifs is 2. The number of thiophene rings is 2. The third-order valence-electron chi connectivity index (χ3n) is 6.94. The second kappa shape index (κ2) is 10.3. The molecule has 3 aromatic rings. The van der Waals surface area contributed by atoms with Crippen LogP contribution in [-0.4, -0.2) is 40.7 Å². The number of likely N-dealkylation sites (N-methyl/N-ethyl adjacent to an activating group) is 1. The minimum Gasteiger partial charge on any atom is -0.456 e. The molecule has 1 aliphatic carbocycles. The van der Waals surface area contributed by atoms with Crippen molar-refractivity contribution in [1.82, 2.24) is 14.8 Å². The number of amides is 2. The Kier molecular flexibility index (Phi) is 7.22. The van der Waals surface area contributed by atoms with Crippen molar-refractivity contribution >= 4 is 39.7 Å². The summed E-state index contributed by atoms with van der Waals surface area (Å²) in [5.74, 6) is 0.205. The zero-order chi connectivity index (χ0) is 26.3. The number of esters is 1. The lowest BCUT2D eigenvalue weighted by Gasteiger charge is -2.23. The molecule has 4 heterocycles. The van der Waals surface area contributed by atoms with Crippen LogP contribution < -0.4 is 10.6 Å². The molecule has 1 atom stereocenters. The fourth-order valence-corrected chi connectivity index (χ4v) is 7.95. The molecule has 0 radical (unpaired) electrons. The molecule has 0 fully saturated rings. The summed E-state index contributed by atoms with van der Waals surface area (Å²) in [5.41, 5.74) is 3.49. The van der Waals surface area contributed by atoms with Gasteiger partial charge < -0.3 is 19.5 Å². The van der Waals surface area contributed by atoms with Crippen LogP contribution in [0.4, 0.5) is 9.80 Å². The first-order valence-corrected chi connectivity index (χ1v) is 14.6. The van der Waals surface area contributed by atoms with Crippen LogP contribution in [0.15, 0.2) is 24.5 Å². The summed E-state index contributed by atoms with van der Waals surface area (Å²) in [5, 5.41) is 7.84. The molecule has 7 nitrogen and oxygen atoms in total. The quantitative estimate of drug-likeness (QED) is 0.390. The maximum atomic E-state index is 13.2. The average Bonchev–Trinajstić information content (AvgIpc) is 3.52. The normalized spacial score (nSPS) is 17.7. The molecule has 0 spiro atoms. The highest BCUT2D eigenvalue weighted by molar-refractivity contribution is 7.17. The van der Waals surface area contributed by atoms with Crippen LogP contribution in [0.2, 0.25) is 0 Å². The van der Waals surface area contributed by atoms with Crippen LogP contribution in [0.5, 0.6) is 0 Å². The van der Waals surface area contributed by atoms with Crippen molar-refractivity contribution in [2.24, 2.45) is 5.92 Å². The highest BCUT2D eigenvalue weighted by atomic mass is 32.1. The van der Waals surface area contributed by atoms with Gasteiger partial charge in [-0.3, -0.25) is 5.32 Å². The van der Waals surface area contributed by atoms with Gasteiger partial charge in [0.2, 0.25) is 0 Å². The Morgan fingerprint density at radius 3 is 2.59 bits per heavy atom. The number of hydrogen-bond donors (Lipinski definition) is 2. The SMILES string of the molecule is CC1CCc2c(sc(NC(=O)NCc3c(-n4cccc4)sc4c3CCN(C)C4)c2C(=O)OC(C)(C)C)C1. The summed E-state index contributed by atoms with van der Waals surface area (Å²) in [7, 11) is 2.15. The molecule has 3 aromatic heterocycles. The molecule has 2 amide bonds. The Morgan fingerprint density at radius 2 is 1.86 bits per heavy atom. The first kappa shape index (κ1) is 26.0. The predicted molar refractivity (Wildman–Crippen MR) is 150 cm³/mol. The van der Waals surface area contributed by atoms with Crippen LogP contribution in [0.3, 0.4) is 0 Å². The van der Waals surface area contributed by atoms with Gasteiger partial charge in [-0.2, -0.15) is 0 Å². The predicted octanol–water partition coefficient (Wildman–Crippen LogP) is 5.99. The van der Waals surface area contributed by atoms with Crippen LogP contribution in [-0.2, 0) is 37.1 Å². The van der Waals surface area contributed by atoms with Crippen molar-refractivity contribution in [3.63, 3.8) is 0 Å². The molecule has 2 aliphatic rings. The number of ether oxygens (including phenoxy) is 1. The summed E-state index contributed by atoms with van der Waals surface area (Å²) < 4.78 is 7.87. The standard InChI is InChI=1S/C28H36N4O3S2/c1-17-8-9-19-21(14-17)36-24(23(19)26(33)35-28(2,3)4)30-27(34)29-15-20-18-10-13-31(5)16-22(18)37-25(20)32-11-6-7-12-32/h6-7,11-12,17H,8-10,13-16H2,1-5H3,(H2,29,30,34). The number of nitrogens with zero attached hydrogens (tertiary/aromatic N) is 2. The summed E-state index contributed by atoms with van der Waals surface area (Å²) in [4.78, 5) is 31.3. The van der Waals surface area contributed by atoms with Crippen molar-refractivity contribution in [2.45, 2.75) is 72.1 Å². The maximum Gasteiger partial charge on any atom is 0.341 e. The van der Waals surface area contributed by atoms with Gasteiger partial charge in [-0.15, -0.1) is 22.7 Å². The van der Waals surface area contributed by atoms with Crippen molar-refractivity contribution in [1.29, 1.82) is 0 Å². The molecule has 0 saturated carbocycles. The van der Waals surface area contributed by atoms with Gasteiger partial charge in [-0.05, 0) is 82.7 Å². The molecular weight excluding hydrogens is 504 g/mol. The van der Waals surface area contributed by atoms with E-state index < -0.39 is 5.60 Å². The smallest absolute Gasteiger partial charge is 0.341 e. The lowest BCUT2D eigenvalue weighted by Crippen LogP contribution is -2.31. The van der Waals surface area contributed by atoms with E-state index in [1.165, 1.54) is 32.2 Å².